The monoisotopic (exact) mass is 86.0 g/mol. The number of hydrogen-bond acceptors (Lipinski definition) is 1. The van der Waals surface area contributed by atoms with Gasteiger partial charge in [-0.3, -0.25) is 0 Å². The molecule has 0 aliphatic carbocycles. The highest BCUT2D eigenvalue weighted by molar-refractivity contribution is 8.04. The van der Waals surface area contributed by atoms with E-state index in [1.165, 1.54) is 10.7 Å². The van der Waals surface area contributed by atoms with E-state index in [-0.39, 0.29) is 0 Å². The summed E-state index contributed by atoms with van der Waals surface area (Å²) in [5, 5.41) is 0. The maximum absolute atomic E-state index is 2.23. The normalized spacial score (nSPS) is 20.6. The van der Waals surface area contributed by atoms with Crippen LogP contribution in [0.1, 0.15) is 6.92 Å². The number of allylic oxidation sites excluding steroid dienone is 1. The fourth-order valence-corrected chi connectivity index (χ4v) is 0.750. The van der Waals surface area contributed by atoms with Gasteiger partial charge < -0.3 is 0 Å². The highest BCUT2D eigenvalue weighted by Crippen LogP contribution is 2.23. The van der Waals surface area contributed by atoms with Gasteiger partial charge in [-0.15, -0.1) is 11.8 Å². The van der Waals surface area contributed by atoms with Gasteiger partial charge in [0.15, 0.2) is 0 Å². The van der Waals surface area contributed by atoms with E-state index in [2.05, 4.69) is 13.0 Å². The van der Waals surface area contributed by atoms with Crippen LogP contribution in [0.25, 0.3) is 0 Å². The van der Waals surface area contributed by atoms with Crippen molar-refractivity contribution >= 4 is 11.8 Å². The molecule has 1 aliphatic rings. The average Bonchev–Trinajstić information content (AvgIpc) is 1.30. The third kappa shape index (κ3) is 0.482. The largest absolute Gasteiger partial charge is 0.127 e. The molecule has 0 aromatic rings. The molecule has 1 heteroatoms. The van der Waals surface area contributed by atoms with Crippen LogP contribution >= 0.6 is 11.8 Å². The van der Waals surface area contributed by atoms with Gasteiger partial charge in [0.2, 0.25) is 0 Å². The van der Waals surface area contributed by atoms with Crippen LogP contribution in [0.2, 0.25) is 0 Å². The van der Waals surface area contributed by atoms with Crippen LogP contribution in [0.4, 0.5) is 0 Å². The fourth-order valence-electron chi connectivity index (χ4n) is 0.250. The summed E-state index contributed by atoms with van der Waals surface area (Å²) in [4.78, 5) is 1.48. The second-order valence-corrected chi connectivity index (χ2v) is 2.39. The predicted molar refractivity (Wildman–Crippen MR) is 26.2 cm³/mol. The minimum atomic E-state index is 1.24. The van der Waals surface area contributed by atoms with E-state index in [1.54, 1.807) is 0 Å². The lowest BCUT2D eigenvalue weighted by atomic mass is 10.6. The summed E-state index contributed by atoms with van der Waals surface area (Å²) in [5.41, 5.74) is 0. The zero-order valence-corrected chi connectivity index (χ0v) is 4.01. The van der Waals surface area contributed by atoms with Gasteiger partial charge in [-0.25, -0.2) is 0 Å². The summed E-state index contributed by atoms with van der Waals surface area (Å²) < 4.78 is 0. The fraction of sp³-hybridized carbons (Fsp3) is 0.500. The summed E-state index contributed by atoms with van der Waals surface area (Å²) in [6.07, 6.45) is 2.23. The Hall–Kier alpha value is 0.0900. The summed E-state index contributed by atoms with van der Waals surface area (Å²) >= 11 is 1.92. The standard InChI is InChI=1S/C4H6S/c1-4-2-3-5-4/h2H,3H2,1H3. The van der Waals surface area contributed by atoms with Gasteiger partial charge in [0.1, 0.15) is 0 Å². The molecule has 0 N–H and O–H groups in total. The molecular formula is C4H6S. The third-order valence-electron chi connectivity index (χ3n) is 0.682. The van der Waals surface area contributed by atoms with Crippen LogP contribution in [0, 0.1) is 0 Å². The first-order valence-corrected chi connectivity index (χ1v) is 2.68. The third-order valence-corrected chi connectivity index (χ3v) is 1.64. The molecule has 0 aromatic heterocycles. The maximum Gasteiger partial charge on any atom is 0.0168 e. The molecule has 0 nitrogen and oxygen atoms in total. The first kappa shape index (κ1) is 3.29. The summed E-state index contributed by atoms with van der Waals surface area (Å²) in [5.74, 6) is 1.24. The number of rotatable bonds is 0. The highest BCUT2D eigenvalue weighted by Gasteiger charge is 1.95. The summed E-state index contributed by atoms with van der Waals surface area (Å²) in [6, 6.07) is 0. The van der Waals surface area contributed by atoms with Crippen LogP contribution in [0.15, 0.2) is 11.0 Å². The molecule has 0 amide bonds. The van der Waals surface area contributed by atoms with Gasteiger partial charge in [0, 0.05) is 5.75 Å². The van der Waals surface area contributed by atoms with Gasteiger partial charge in [-0.2, -0.15) is 0 Å². The maximum atomic E-state index is 2.23. The van der Waals surface area contributed by atoms with Crippen molar-refractivity contribution in [3.05, 3.63) is 11.0 Å². The Morgan fingerprint density at radius 1 is 2.00 bits per heavy atom. The Kier molecular flexibility index (Phi) is 0.692. The van der Waals surface area contributed by atoms with E-state index in [0.29, 0.717) is 0 Å². The quantitative estimate of drug-likeness (QED) is 0.432. The van der Waals surface area contributed by atoms with Crippen LogP contribution in [-0.4, -0.2) is 5.75 Å². The molecule has 1 heterocycles. The minimum Gasteiger partial charge on any atom is -0.127 e. The molecule has 0 saturated carbocycles. The van der Waals surface area contributed by atoms with Gasteiger partial charge in [0.05, 0.1) is 0 Å². The first-order valence-electron chi connectivity index (χ1n) is 1.69. The Morgan fingerprint density at radius 3 is 2.40 bits per heavy atom. The molecule has 5 heavy (non-hydrogen) atoms. The van der Waals surface area contributed by atoms with Crippen molar-refractivity contribution in [2.45, 2.75) is 6.92 Å². The van der Waals surface area contributed by atoms with E-state index in [4.69, 9.17) is 0 Å². The van der Waals surface area contributed by atoms with Crippen molar-refractivity contribution in [3.8, 4) is 0 Å². The van der Waals surface area contributed by atoms with Crippen molar-refractivity contribution in [1.82, 2.24) is 0 Å². The second kappa shape index (κ2) is 1.05. The molecule has 28 valence electrons. The molecule has 0 atom stereocenters. The zero-order chi connectivity index (χ0) is 3.70. The highest BCUT2D eigenvalue weighted by atomic mass is 32.2. The van der Waals surface area contributed by atoms with Crippen LogP contribution in [0.5, 0.6) is 0 Å². The molecule has 0 aromatic carbocycles. The summed E-state index contributed by atoms with van der Waals surface area (Å²) in [7, 11) is 0. The molecule has 0 unspecified atom stereocenters. The van der Waals surface area contributed by atoms with Crippen molar-refractivity contribution in [2.75, 3.05) is 5.75 Å². The average molecular weight is 86.2 g/mol. The van der Waals surface area contributed by atoms with Gasteiger partial charge in [-0.1, -0.05) is 6.08 Å². The van der Waals surface area contributed by atoms with Crippen LogP contribution < -0.4 is 0 Å². The van der Waals surface area contributed by atoms with Crippen LogP contribution in [-0.2, 0) is 0 Å². The molecule has 0 fully saturated rings. The first-order chi connectivity index (χ1) is 2.39. The summed E-state index contributed by atoms with van der Waals surface area (Å²) in [6.45, 7) is 2.13. The lowest BCUT2D eigenvalue weighted by molar-refractivity contribution is 1.54. The Bertz CT molecular complexity index is 64.0. The zero-order valence-electron chi connectivity index (χ0n) is 3.19. The molecular weight excluding hydrogens is 80.1 g/mol. The molecule has 0 radical (unpaired) electrons. The molecule has 1 aliphatic heterocycles. The van der Waals surface area contributed by atoms with E-state index < -0.39 is 0 Å². The predicted octanol–water partition coefficient (Wildman–Crippen LogP) is 1.64. The van der Waals surface area contributed by atoms with Crippen molar-refractivity contribution in [1.29, 1.82) is 0 Å². The van der Waals surface area contributed by atoms with Crippen molar-refractivity contribution < 1.29 is 0 Å². The molecule has 0 saturated heterocycles. The number of thioether (sulfide) groups is 1. The van der Waals surface area contributed by atoms with E-state index >= 15 is 0 Å². The Morgan fingerprint density at radius 2 is 2.40 bits per heavy atom. The van der Waals surface area contributed by atoms with E-state index in [9.17, 15) is 0 Å². The van der Waals surface area contributed by atoms with E-state index in [0.717, 1.165) is 0 Å². The van der Waals surface area contributed by atoms with Gasteiger partial charge >= 0.3 is 0 Å². The molecule has 1 rings (SSSR count). The smallest absolute Gasteiger partial charge is 0.0168 e. The van der Waals surface area contributed by atoms with Crippen molar-refractivity contribution in [3.63, 3.8) is 0 Å². The van der Waals surface area contributed by atoms with E-state index in [1.807, 2.05) is 11.8 Å². The lowest BCUT2D eigenvalue weighted by Gasteiger charge is -2.04. The molecule has 0 spiro atoms. The van der Waals surface area contributed by atoms with Crippen molar-refractivity contribution in [2.24, 2.45) is 0 Å². The second-order valence-electron chi connectivity index (χ2n) is 1.13. The SMILES string of the molecule is CC1=CCS1. The molecule has 0 bridgehead atoms. The number of hydrogen-bond donors (Lipinski definition) is 0. The lowest BCUT2D eigenvalue weighted by Crippen LogP contribution is -1.82. The topological polar surface area (TPSA) is 0 Å². The van der Waals surface area contributed by atoms with Gasteiger partial charge in [0.25, 0.3) is 0 Å². The Labute approximate surface area is 36.3 Å². The Balaban J connectivity index is 2.51. The minimum absolute atomic E-state index is 1.24. The van der Waals surface area contributed by atoms with Gasteiger partial charge in [-0.05, 0) is 11.8 Å². The van der Waals surface area contributed by atoms with Crippen LogP contribution in [0.3, 0.4) is 0 Å².